The SMILES string of the molecule is CC(C)N(O)C(C)(C)CN. The summed E-state index contributed by atoms with van der Waals surface area (Å²) >= 11 is 0. The molecular weight excluding hydrogens is 128 g/mol. The highest BCUT2D eigenvalue weighted by molar-refractivity contribution is 4.78. The highest BCUT2D eigenvalue weighted by atomic mass is 16.5. The molecule has 0 atom stereocenters. The lowest BCUT2D eigenvalue weighted by Crippen LogP contribution is -2.50. The van der Waals surface area contributed by atoms with Gasteiger partial charge in [0.25, 0.3) is 0 Å². The first kappa shape index (κ1) is 9.88. The molecule has 62 valence electrons. The van der Waals surface area contributed by atoms with Crippen LogP contribution in [0.1, 0.15) is 27.7 Å². The zero-order valence-electron chi connectivity index (χ0n) is 7.26. The van der Waals surface area contributed by atoms with Crippen LogP contribution in [-0.2, 0) is 0 Å². The number of hydrogen-bond acceptors (Lipinski definition) is 3. The molecule has 10 heavy (non-hydrogen) atoms. The van der Waals surface area contributed by atoms with E-state index < -0.39 is 0 Å². The molecule has 0 aromatic rings. The van der Waals surface area contributed by atoms with Crippen LogP contribution in [0.25, 0.3) is 0 Å². The third-order valence-electron chi connectivity index (χ3n) is 1.61. The summed E-state index contributed by atoms with van der Waals surface area (Å²) in [6.45, 7) is 8.14. The zero-order chi connectivity index (χ0) is 8.36. The van der Waals surface area contributed by atoms with Gasteiger partial charge < -0.3 is 10.9 Å². The predicted molar refractivity (Wildman–Crippen MR) is 41.9 cm³/mol. The van der Waals surface area contributed by atoms with E-state index in [1.54, 1.807) is 0 Å². The van der Waals surface area contributed by atoms with Crippen molar-refractivity contribution in [2.45, 2.75) is 39.3 Å². The Hall–Kier alpha value is -0.120. The number of nitrogens with two attached hydrogens (primary N) is 1. The van der Waals surface area contributed by atoms with E-state index in [1.165, 1.54) is 5.06 Å². The lowest BCUT2D eigenvalue weighted by Gasteiger charge is -2.34. The largest absolute Gasteiger partial charge is 0.329 e. The Morgan fingerprint density at radius 1 is 1.50 bits per heavy atom. The molecule has 0 aliphatic rings. The van der Waals surface area contributed by atoms with Crippen molar-refractivity contribution in [2.75, 3.05) is 6.54 Å². The lowest BCUT2D eigenvalue weighted by atomic mass is 10.0. The van der Waals surface area contributed by atoms with Crippen LogP contribution in [0.15, 0.2) is 0 Å². The molecule has 0 saturated carbocycles. The van der Waals surface area contributed by atoms with Crippen LogP contribution in [0, 0.1) is 0 Å². The van der Waals surface area contributed by atoms with Crippen LogP contribution in [-0.4, -0.2) is 28.4 Å². The Balaban J connectivity index is 4.03. The molecule has 0 aliphatic heterocycles. The van der Waals surface area contributed by atoms with Gasteiger partial charge in [0.05, 0.1) is 5.54 Å². The van der Waals surface area contributed by atoms with Gasteiger partial charge >= 0.3 is 0 Å². The number of rotatable bonds is 3. The topological polar surface area (TPSA) is 49.5 Å². The van der Waals surface area contributed by atoms with Crippen molar-refractivity contribution < 1.29 is 5.21 Å². The summed E-state index contributed by atoms with van der Waals surface area (Å²) in [5.74, 6) is 0. The highest BCUT2D eigenvalue weighted by Crippen LogP contribution is 2.12. The Bertz CT molecular complexity index is 102. The Morgan fingerprint density at radius 3 is 2.00 bits per heavy atom. The van der Waals surface area contributed by atoms with E-state index >= 15 is 0 Å². The third kappa shape index (κ3) is 2.25. The van der Waals surface area contributed by atoms with Crippen LogP contribution in [0.2, 0.25) is 0 Å². The normalized spacial score (nSPS) is 13.2. The fourth-order valence-electron chi connectivity index (χ4n) is 0.793. The highest BCUT2D eigenvalue weighted by Gasteiger charge is 2.25. The van der Waals surface area contributed by atoms with E-state index in [4.69, 9.17) is 5.73 Å². The molecule has 0 heterocycles. The van der Waals surface area contributed by atoms with E-state index in [-0.39, 0.29) is 11.6 Å². The fraction of sp³-hybridized carbons (Fsp3) is 1.00. The summed E-state index contributed by atoms with van der Waals surface area (Å²) in [6.07, 6.45) is 0. The molecule has 0 fully saturated rings. The summed E-state index contributed by atoms with van der Waals surface area (Å²) in [5, 5.41) is 10.7. The zero-order valence-corrected chi connectivity index (χ0v) is 7.26. The fourth-order valence-corrected chi connectivity index (χ4v) is 0.793. The second kappa shape index (κ2) is 3.32. The minimum atomic E-state index is -0.311. The molecule has 0 bridgehead atoms. The number of hydroxylamine groups is 2. The maximum absolute atomic E-state index is 9.41. The summed E-state index contributed by atoms with van der Waals surface area (Å²) in [4.78, 5) is 0. The Labute approximate surface area is 62.8 Å². The van der Waals surface area contributed by atoms with Gasteiger partial charge in [0.1, 0.15) is 0 Å². The molecule has 0 spiro atoms. The quantitative estimate of drug-likeness (QED) is 0.580. The van der Waals surface area contributed by atoms with E-state index in [2.05, 4.69) is 0 Å². The summed E-state index contributed by atoms with van der Waals surface area (Å²) < 4.78 is 0. The minimum absolute atomic E-state index is 0.124. The standard InChI is InChI=1S/C7H18N2O/c1-6(2)9(10)7(3,4)5-8/h6,10H,5,8H2,1-4H3. The van der Waals surface area contributed by atoms with Gasteiger partial charge in [-0.3, -0.25) is 0 Å². The number of hydrogen-bond donors (Lipinski definition) is 2. The van der Waals surface area contributed by atoms with Gasteiger partial charge in [-0.15, -0.1) is 0 Å². The van der Waals surface area contributed by atoms with Crippen LogP contribution in [0.5, 0.6) is 0 Å². The molecular formula is C7H18N2O. The van der Waals surface area contributed by atoms with Crippen molar-refractivity contribution >= 4 is 0 Å². The first-order valence-electron chi connectivity index (χ1n) is 3.60. The van der Waals surface area contributed by atoms with E-state index in [0.717, 1.165) is 0 Å². The van der Waals surface area contributed by atoms with Crippen LogP contribution in [0.4, 0.5) is 0 Å². The molecule has 0 saturated heterocycles. The molecule has 0 aromatic carbocycles. The maximum atomic E-state index is 9.41. The van der Waals surface area contributed by atoms with Crippen LogP contribution in [0.3, 0.4) is 0 Å². The first-order chi connectivity index (χ1) is 4.41. The minimum Gasteiger partial charge on any atom is -0.329 e. The van der Waals surface area contributed by atoms with Gasteiger partial charge in [-0.25, -0.2) is 0 Å². The maximum Gasteiger partial charge on any atom is 0.0529 e. The van der Waals surface area contributed by atoms with Gasteiger partial charge in [0, 0.05) is 12.6 Å². The predicted octanol–water partition coefficient (Wildman–Crippen LogP) is 0.823. The lowest BCUT2D eigenvalue weighted by molar-refractivity contribution is -0.181. The molecule has 3 nitrogen and oxygen atoms in total. The second-order valence-electron chi connectivity index (χ2n) is 3.45. The van der Waals surface area contributed by atoms with E-state index in [9.17, 15) is 5.21 Å². The summed E-state index contributed by atoms with van der Waals surface area (Å²) in [7, 11) is 0. The van der Waals surface area contributed by atoms with Gasteiger partial charge in [-0.05, 0) is 27.7 Å². The van der Waals surface area contributed by atoms with Crippen LogP contribution < -0.4 is 5.73 Å². The monoisotopic (exact) mass is 146 g/mol. The molecule has 0 aliphatic carbocycles. The molecule has 0 unspecified atom stereocenters. The second-order valence-corrected chi connectivity index (χ2v) is 3.45. The average Bonchev–Trinajstić information content (AvgIpc) is 1.86. The van der Waals surface area contributed by atoms with Crippen molar-refractivity contribution in [3.63, 3.8) is 0 Å². The summed E-state index contributed by atoms with van der Waals surface area (Å²) in [6, 6.07) is 0.124. The molecule has 3 heteroatoms. The van der Waals surface area contributed by atoms with Gasteiger partial charge in [0.2, 0.25) is 0 Å². The molecule has 0 aromatic heterocycles. The van der Waals surface area contributed by atoms with Gasteiger partial charge in [0.15, 0.2) is 0 Å². The Kier molecular flexibility index (Phi) is 3.28. The molecule has 0 radical (unpaired) electrons. The van der Waals surface area contributed by atoms with E-state index in [0.29, 0.717) is 6.54 Å². The van der Waals surface area contributed by atoms with Crippen LogP contribution >= 0.6 is 0 Å². The van der Waals surface area contributed by atoms with Crippen molar-refractivity contribution in [1.29, 1.82) is 0 Å². The summed E-state index contributed by atoms with van der Waals surface area (Å²) in [5.41, 5.74) is 5.13. The smallest absolute Gasteiger partial charge is 0.0529 e. The molecule has 0 amide bonds. The molecule has 3 N–H and O–H groups in total. The Morgan fingerprint density at radius 2 is 1.90 bits per heavy atom. The average molecular weight is 146 g/mol. The number of nitrogens with zero attached hydrogens (tertiary/aromatic N) is 1. The van der Waals surface area contributed by atoms with E-state index in [1.807, 2.05) is 27.7 Å². The first-order valence-corrected chi connectivity index (χ1v) is 3.60. The van der Waals surface area contributed by atoms with Gasteiger partial charge in [-0.1, -0.05) is 0 Å². The third-order valence-corrected chi connectivity index (χ3v) is 1.61. The van der Waals surface area contributed by atoms with Crippen molar-refractivity contribution in [1.82, 2.24) is 5.06 Å². The van der Waals surface area contributed by atoms with Crippen molar-refractivity contribution in [3.05, 3.63) is 0 Å². The van der Waals surface area contributed by atoms with Gasteiger partial charge in [-0.2, -0.15) is 5.06 Å². The van der Waals surface area contributed by atoms with Crippen molar-refractivity contribution in [3.8, 4) is 0 Å². The molecule has 0 rings (SSSR count). The van der Waals surface area contributed by atoms with Crippen molar-refractivity contribution in [2.24, 2.45) is 5.73 Å².